The van der Waals surface area contributed by atoms with Gasteiger partial charge in [0.25, 0.3) is 5.60 Å². The lowest BCUT2D eigenvalue weighted by Gasteiger charge is -2.57. The summed E-state index contributed by atoms with van der Waals surface area (Å²) in [5.74, 6) is -3.68. The molecule has 1 saturated heterocycles. The van der Waals surface area contributed by atoms with Gasteiger partial charge < -0.3 is 9.64 Å². The van der Waals surface area contributed by atoms with Crippen molar-refractivity contribution >= 4 is 15.7 Å². The molecule has 5 nitrogen and oxygen atoms in total. The predicted molar refractivity (Wildman–Crippen MR) is 161 cm³/mol. The Bertz CT molecular complexity index is 1830. The highest BCUT2D eigenvalue weighted by Crippen LogP contribution is 2.61. The molecule has 1 amide bonds. The number of carbonyl (C=O) groups excluding carboxylic acids is 1. The monoisotopic (exact) mass is 733 g/mol. The van der Waals surface area contributed by atoms with E-state index in [0.717, 1.165) is 55.3 Å². The molecule has 2 aliphatic carbocycles. The van der Waals surface area contributed by atoms with Crippen molar-refractivity contribution in [3.8, 4) is 0 Å². The summed E-state index contributed by atoms with van der Waals surface area (Å²) in [6, 6.07) is 8.34. The lowest BCUT2D eigenvalue weighted by molar-refractivity contribution is -0.392. The van der Waals surface area contributed by atoms with E-state index in [1.165, 1.54) is 4.90 Å². The Morgan fingerprint density at radius 1 is 0.840 bits per heavy atom. The number of hydrogen-bond acceptors (Lipinski definition) is 4. The summed E-state index contributed by atoms with van der Waals surface area (Å²) in [5.41, 5.74) is -7.88. The Kier molecular flexibility index (Phi) is 8.89. The number of halogens is 9. The van der Waals surface area contributed by atoms with Crippen molar-refractivity contribution in [1.82, 2.24) is 4.90 Å². The van der Waals surface area contributed by atoms with Gasteiger partial charge in [-0.3, -0.25) is 4.79 Å². The normalized spacial score (nSPS) is 25.8. The van der Waals surface area contributed by atoms with Crippen LogP contribution in [0.5, 0.6) is 0 Å². The molecule has 270 valence electrons. The quantitative estimate of drug-likeness (QED) is 0.173. The van der Waals surface area contributed by atoms with Crippen molar-refractivity contribution in [3.63, 3.8) is 0 Å². The third-order valence-electron chi connectivity index (χ3n) is 10.6. The summed E-state index contributed by atoms with van der Waals surface area (Å²) in [4.78, 5) is 14.6. The van der Waals surface area contributed by atoms with Crippen LogP contribution in [0.4, 0.5) is 39.5 Å². The van der Waals surface area contributed by atoms with E-state index in [1.54, 1.807) is 0 Å². The number of benzene rings is 3. The van der Waals surface area contributed by atoms with Gasteiger partial charge in [-0.15, -0.1) is 0 Å². The first-order chi connectivity index (χ1) is 23.3. The van der Waals surface area contributed by atoms with Crippen molar-refractivity contribution < 1.29 is 57.5 Å². The van der Waals surface area contributed by atoms with E-state index in [1.807, 2.05) is 0 Å². The Labute approximate surface area is 282 Å². The summed E-state index contributed by atoms with van der Waals surface area (Å²) in [5, 5.41) is 0. The van der Waals surface area contributed by atoms with Crippen LogP contribution in [0.2, 0.25) is 0 Å². The van der Waals surface area contributed by atoms with Gasteiger partial charge in [-0.25, -0.2) is 21.6 Å². The van der Waals surface area contributed by atoms with Crippen LogP contribution in [0, 0.1) is 34.7 Å². The third kappa shape index (κ3) is 5.77. The first-order valence-electron chi connectivity index (χ1n) is 15.9. The second-order valence-electron chi connectivity index (χ2n) is 13.8. The van der Waals surface area contributed by atoms with Crippen LogP contribution in [-0.2, 0) is 36.3 Å². The highest BCUT2D eigenvalue weighted by molar-refractivity contribution is 7.92. The van der Waals surface area contributed by atoms with Gasteiger partial charge in [0.2, 0.25) is 5.91 Å². The van der Waals surface area contributed by atoms with Crippen LogP contribution >= 0.6 is 0 Å². The molecule has 15 heteroatoms. The minimum absolute atomic E-state index is 0.0622. The van der Waals surface area contributed by atoms with Gasteiger partial charge in [-0.2, -0.15) is 26.3 Å². The Balaban J connectivity index is 1.38. The van der Waals surface area contributed by atoms with Crippen LogP contribution in [0.1, 0.15) is 55.7 Å². The van der Waals surface area contributed by atoms with Crippen molar-refractivity contribution in [2.45, 2.75) is 73.2 Å². The van der Waals surface area contributed by atoms with Gasteiger partial charge in [0.15, 0.2) is 9.84 Å². The Morgan fingerprint density at radius 2 is 1.40 bits per heavy atom. The number of sulfone groups is 1. The summed E-state index contributed by atoms with van der Waals surface area (Å²) in [7, 11) is -4.56. The fourth-order valence-corrected chi connectivity index (χ4v) is 10.3. The predicted octanol–water partition coefficient (Wildman–Crippen LogP) is 8.37. The van der Waals surface area contributed by atoms with E-state index in [-0.39, 0.29) is 40.7 Å². The fourth-order valence-electron chi connectivity index (χ4n) is 8.18. The summed E-state index contributed by atoms with van der Waals surface area (Å²) < 4.78 is 160. The van der Waals surface area contributed by atoms with Gasteiger partial charge in [0, 0.05) is 30.1 Å². The van der Waals surface area contributed by atoms with Gasteiger partial charge >= 0.3 is 12.4 Å². The highest BCUT2D eigenvalue weighted by atomic mass is 32.2. The average Bonchev–Trinajstić information content (AvgIpc) is 3.46. The van der Waals surface area contributed by atoms with Gasteiger partial charge in [0.05, 0.1) is 11.5 Å². The SMILES string of the molecule is CC1CC2(C1)CC(C(=O)N1CC[C@](c3ccc(C(OCc4c(F)cccc4F)(C(F)(F)F)C(F)(F)F)cc3)(S(=O)(=O)c3ccc(F)cc3)C1)C2. The van der Waals surface area contributed by atoms with E-state index in [4.69, 9.17) is 0 Å². The number of hydrogen-bond donors (Lipinski definition) is 0. The molecule has 50 heavy (non-hydrogen) atoms. The zero-order valence-corrected chi connectivity index (χ0v) is 27.4. The van der Waals surface area contributed by atoms with Crippen molar-refractivity contribution in [2.24, 2.45) is 17.3 Å². The second-order valence-corrected chi connectivity index (χ2v) is 16.1. The van der Waals surface area contributed by atoms with Gasteiger partial charge in [-0.1, -0.05) is 37.3 Å². The minimum Gasteiger partial charge on any atom is -0.349 e. The molecule has 2 saturated carbocycles. The zero-order chi connectivity index (χ0) is 36.5. The molecule has 0 N–H and O–H groups in total. The van der Waals surface area contributed by atoms with Crippen LogP contribution in [0.3, 0.4) is 0 Å². The Hall–Kier alpha value is -3.59. The molecule has 1 spiro atoms. The van der Waals surface area contributed by atoms with Gasteiger partial charge in [0.1, 0.15) is 22.2 Å². The van der Waals surface area contributed by atoms with Crippen LogP contribution in [-0.4, -0.2) is 44.7 Å². The summed E-state index contributed by atoms with van der Waals surface area (Å²) in [6.45, 7) is -0.144. The lowest BCUT2D eigenvalue weighted by Crippen LogP contribution is -2.56. The summed E-state index contributed by atoms with van der Waals surface area (Å²) in [6.07, 6.45) is -9.40. The standard InChI is InChI=1S/C35H32F9NO4S/c1-21-15-31(16-21)17-22(18-31)30(46)45-14-13-32(20-45,50(47,48)26-11-9-25(36)10-12-26)23-5-7-24(8-6-23)33(34(39,40)41,35(42,43)44)49-19-27-28(37)3-2-4-29(27)38/h2-12,21-22H,13-20H2,1H3/t21?,22?,31?,32-/m0/s1. The highest BCUT2D eigenvalue weighted by Gasteiger charge is 2.73. The largest absolute Gasteiger partial charge is 0.430 e. The van der Waals surface area contributed by atoms with E-state index in [9.17, 15) is 52.7 Å². The molecule has 3 aromatic carbocycles. The molecule has 3 aromatic rings. The molecule has 0 bridgehead atoms. The van der Waals surface area contributed by atoms with Crippen LogP contribution < -0.4 is 0 Å². The van der Waals surface area contributed by atoms with E-state index in [0.29, 0.717) is 43.0 Å². The van der Waals surface area contributed by atoms with E-state index < -0.39 is 74.3 Å². The fraction of sp³-hybridized carbons (Fsp3) is 0.457. The van der Waals surface area contributed by atoms with E-state index >= 15 is 0 Å². The molecule has 6 rings (SSSR count). The molecular formula is C35H32F9NO4S. The van der Waals surface area contributed by atoms with E-state index in [2.05, 4.69) is 11.7 Å². The van der Waals surface area contributed by atoms with Gasteiger partial charge in [-0.05, 0) is 85.4 Å². The molecule has 1 aliphatic heterocycles. The molecule has 3 aliphatic rings. The van der Waals surface area contributed by atoms with Crippen molar-refractivity contribution in [3.05, 3.63) is 101 Å². The summed E-state index contributed by atoms with van der Waals surface area (Å²) >= 11 is 0. The zero-order valence-electron chi connectivity index (χ0n) is 26.6. The van der Waals surface area contributed by atoms with Crippen LogP contribution in [0.25, 0.3) is 0 Å². The number of likely N-dealkylation sites (tertiary alicyclic amines) is 1. The maximum atomic E-state index is 14.5. The molecule has 3 fully saturated rings. The molecule has 0 aromatic heterocycles. The molecule has 1 atom stereocenters. The maximum Gasteiger partial charge on any atom is 0.430 e. The lowest BCUT2D eigenvalue weighted by atomic mass is 9.48. The third-order valence-corrected chi connectivity index (χ3v) is 13.1. The first-order valence-corrected chi connectivity index (χ1v) is 17.3. The number of nitrogens with zero attached hydrogens (tertiary/aromatic N) is 1. The minimum atomic E-state index is -6.21. The second kappa shape index (κ2) is 12.3. The first kappa shape index (κ1) is 36.2. The molecule has 0 unspecified atom stereocenters. The average molecular weight is 734 g/mol. The molecule has 0 radical (unpaired) electrons. The van der Waals surface area contributed by atoms with Crippen molar-refractivity contribution in [2.75, 3.05) is 13.1 Å². The molecule has 1 heterocycles. The number of amides is 1. The Morgan fingerprint density at radius 3 is 1.92 bits per heavy atom. The number of alkyl halides is 6. The topological polar surface area (TPSA) is 63.7 Å². The molecular weight excluding hydrogens is 701 g/mol. The smallest absolute Gasteiger partial charge is 0.349 e. The maximum absolute atomic E-state index is 14.5. The van der Waals surface area contributed by atoms with Crippen LogP contribution in [0.15, 0.2) is 71.6 Å². The number of rotatable bonds is 8. The number of ether oxygens (including phenoxy) is 1. The number of carbonyl (C=O) groups is 1. The van der Waals surface area contributed by atoms with Crippen molar-refractivity contribution in [1.29, 1.82) is 0 Å².